The van der Waals surface area contributed by atoms with Gasteiger partial charge in [0.15, 0.2) is 5.75 Å². The average Bonchev–Trinajstić information content (AvgIpc) is 3.83. The first-order valence-corrected chi connectivity index (χ1v) is 24.3. The number of nitrogens with zero attached hydrogens (tertiary/aromatic N) is 8. The number of benzene rings is 4. The molecule has 2 aromatic heterocycles. The summed E-state index contributed by atoms with van der Waals surface area (Å²) in [7, 11) is 0. The van der Waals surface area contributed by atoms with Crippen molar-refractivity contribution in [3.63, 3.8) is 0 Å². The minimum atomic E-state index is -2.72. The number of aromatic hydroxyl groups is 1. The van der Waals surface area contributed by atoms with E-state index in [1.54, 1.807) is 6.07 Å². The summed E-state index contributed by atoms with van der Waals surface area (Å²) in [5.41, 5.74) is 9.28. The molecule has 4 aliphatic heterocycles. The zero-order valence-electron chi connectivity index (χ0n) is 36.0. The van der Waals surface area contributed by atoms with Gasteiger partial charge in [-0.15, -0.1) is 0 Å². The summed E-state index contributed by atoms with van der Waals surface area (Å²) in [6.45, 7) is 15.5. The molecule has 0 fully saturated rings. The molecule has 1 N–H and O–H groups in total. The molecule has 0 saturated heterocycles. The number of hydrogen-bond acceptors (Lipinski definition) is 14. The molecule has 6 aromatic rings. The Morgan fingerprint density at radius 3 is 1.75 bits per heavy atom. The number of phenolic OH excluding ortho intramolecular Hbond substituents is 1. The Bertz CT molecular complexity index is 2980. The second kappa shape index (κ2) is 18.2. The molecule has 0 spiro atoms. The molecule has 0 amide bonds. The molecule has 12 nitrogen and oxygen atoms in total. The monoisotopic (exact) mass is 997 g/mol. The van der Waals surface area contributed by atoms with Crippen LogP contribution >= 0.6 is 45.9 Å². The van der Waals surface area contributed by atoms with E-state index in [0.717, 1.165) is 94.4 Å². The van der Waals surface area contributed by atoms with Crippen molar-refractivity contribution in [1.82, 2.24) is 9.97 Å². The molecular weight excluding hydrogens is 954 g/mol. The van der Waals surface area contributed by atoms with Crippen LogP contribution in [0.5, 0.6) is 11.5 Å². The third-order valence-electron chi connectivity index (χ3n) is 12.5. The zero-order chi connectivity index (χ0) is 44.4. The third-order valence-corrected chi connectivity index (χ3v) is 15.1. The molecular formula is C46H45Cl2N8NiO4S3-. The minimum Gasteiger partial charge on any atom is -0.740 e. The van der Waals surface area contributed by atoms with E-state index in [2.05, 4.69) is 93.3 Å². The number of halogens is 2. The summed E-state index contributed by atoms with van der Waals surface area (Å²) in [5, 5.41) is 13.3. The second-order valence-electron chi connectivity index (χ2n) is 17.8. The van der Waals surface area contributed by atoms with Gasteiger partial charge in [0, 0.05) is 73.2 Å². The quantitative estimate of drug-likeness (QED) is 0.0984. The summed E-state index contributed by atoms with van der Waals surface area (Å²) >= 11 is 12.2. The van der Waals surface area contributed by atoms with Gasteiger partial charge in [0.2, 0.25) is 10.3 Å². The largest absolute Gasteiger partial charge is 0.740 e. The molecule has 0 bridgehead atoms. The van der Waals surface area contributed by atoms with Gasteiger partial charge in [-0.1, -0.05) is 59.7 Å². The molecule has 3 atom stereocenters. The van der Waals surface area contributed by atoms with Crippen LogP contribution in [0.15, 0.2) is 68.5 Å². The van der Waals surface area contributed by atoms with Gasteiger partial charge in [-0.25, -0.2) is 14.2 Å². The SMILES string of the molecule is CC1CC(C)(C)N2CCCc3c(O)c(N=C=Nc4nc5ccc(Cl)cc5s4)cc1c32.CC1CC(C)(C)N2CCCc3c(OS(=O)[O-])c(N=C=Nc4nc5ccc(Cl)cc5s4)cc1c32.[Ni]. The average molecular weight is 1000 g/mol. The molecule has 6 heterocycles. The summed E-state index contributed by atoms with van der Waals surface area (Å²) in [5.74, 6) is 1.22. The molecule has 0 saturated carbocycles. The molecule has 64 heavy (non-hydrogen) atoms. The van der Waals surface area contributed by atoms with Gasteiger partial charge in [-0.3, -0.25) is 0 Å². The number of phenols is 1. The first kappa shape index (κ1) is 46.3. The Kier molecular flexibility index (Phi) is 13.2. The molecule has 0 radical (unpaired) electrons. The van der Waals surface area contributed by atoms with Crippen LogP contribution < -0.4 is 14.0 Å². The third kappa shape index (κ3) is 9.02. The van der Waals surface area contributed by atoms with Crippen LogP contribution in [-0.4, -0.2) is 60.0 Å². The van der Waals surface area contributed by atoms with Crippen molar-refractivity contribution in [2.45, 2.75) is 103 Å². The van der Waals surface area contributed by atoms with Gasteiger partial charge in [0.25, 0.3) is 0 Å². The number of aromatic nitrogens is 2. The first-order valence-electron chi connectivity index (χ1n) is 20.9. The first-order chi connectivity index (χ1) is 30.1. The van der Waals surface area contributed by atoms with Crippen molar-refractivity contribution in [3.8, 4) is 11.5 Å². The predicted molar refractivity (Wildman–Crippen MR) is 257 cm³/mol. The van der Waals surface area contributed by atoms with Gasteiger partial charge in [-0.2, -0.15) is 20.0 Å². The minimum absolute atomic E-state index is 0. The topological polar surface area (TPSA) is 151 Å². The van der Waals surface area contributed by atoms with Crippen molar-refractivity contribution < 1.29 is 34.5 Å². The van der Waals surface area contributed by atoms with Crippen molar-refractivity contribution in [1.29, 1.82) is 0 Å². The molecule has 336 valence electrons. The van der Waals surface area contributed by atoms with Gasteiger partial charge < -0.3 is 23.6 Å². The maximum absolute atomic E-state index is 11.5. The van der Waals surface area contributed by atoms with Gasteiger partial charge in [0.05, 0.1) is 20.4 Å². The van der Waals surface area contributed by atoms with Crippen molar-refractivity contribution >= 4 is 123 Å². The van der Waals surface area contributed by atoms with Crippen LogP contribution in [-0.2, 0) is 40.7 Å². The number of fused-ring (bicyclic) bond motifs is 2. The molecule has 18 heteroatoms. The smallest absolute Gasteiger partial charge is 0.220 e. The van der Waals surface area contributed by atoms with Crippen LogP contribution in [0.4, 0.5) is 33.0 Å². The fourth-order valence-corrected chi connectivity index (χ4v) is 12.4. The van der Waals surface area contributed by atoms with Crippen molar-refractivity contribution in [3.05, 3.63) is 80.8 Å². The van der Waals surface area contributed by atoms with E-state index < -0.39 is 11.4 Å². The Labute approximate surface area is 402 Å². The predicted octanol–water partition coefficient (Wildman–Crippen LogP) is 13.1. The van der Waals surface area contributed by atoms with E-state index in [1.807, 2.05) is 42.5 Å². The van der Waals surface area contributed by atoms with Crippen molar-refractivity contribution in [2.75, 3.05) is 22.9 Å². The number of anilines is 2. The van der Waals surface area contributed by atoms with E-state index in [0.29, 0.717) is 43.5 Å². The maximum atomic E-state index is 11.5. The van der Waals surface area contributed by atoms with Gasteiger partial charge >= 0.3 is 0 Å². The van der Waals surface area contributed by atoms with E-state index in [4.69, 9.17) is 27.4 Å². The molecule has 4 aliphatic rings. The number of thiazole rings is 2. The Morgan fingerprint density at radius 2 is 1.23 bits per heavy atom. The fourth-order valence-electron chi connectivity index (χ4n) is 9.94. The second-order valence-corrected chi connectivity index (χ2v) is 21.3. The molecule has 0 aliphatic carbocycles. The summed E-state index contributed by atoms with van der Waals surface area (Å²) < 4.78 is 30.2. The van der Waals surface area contributed by atoms with E-state index in [1.165, 1.54) is 33.9 Å². The van der Waals surface area contributed by atoms with Crippen LogP contribution in [0.2, 0.25) is 10.0 Å². The van der Waals surface area contributed by atoms with E-state index in [-0.39, 0.29) is 39.1 Å². The van der Waals surface area contributed by atoms with Crippen molar-refractivity contribution in [2.24, 2.45) is 20.0 Å². The van der Waals surface area contributed by atoms with E-state index in [9.17, 15) is 13.9 Å². The van der Waals surface area contributed by atoms with Crippen LogP contribution in [0, 0.1) is 0 Å². The molecule has 10 rings (SSSR count). The molecule has 4 aromatic carbocycles. The normalized spacial score (nSPS) is 19.1. The van der Waals surface area contributed by atoms with Gasteiger partial charge in [-0.05, 0) is 138 Å². The molecule has 3 unspecified atom stereocenters. The Balaban J connectivity index is 0.000000173. The summed E-state index contributed by atoms with van der Waals surface area (Å²) in [6, 6.07) is 20.4. The van der Waals surface area contributed by atoms with Gasteiger partial charge in [0.1, 0.15) is 40.5 Å². The van der Waals surface area contributed by atoms with E-state index >= 15 is 0 Å². The standard InChI is InChI=1S/C23H23ClN4O3S2.C23H23ClN4OS.Ni/c1-13-11-23(2,3)28-8-4-5-15-20(28)16(13)10-18(21(15)31-33(29)30)25-12-26-22-27-17-7-6-14(24)9-19(17)32-22;1-13-11-23(2,3)28-8-4-5-15-20(28)16(13)10-18(21(15)29)25-12-26-22-27-17-7-6-14(24)9-19(17)30-22;/h6-7,9-10,13H,4-5,8,11H2,1-3H3,(H,29,30);6-7,9-10,13,29H,4-5,8,11H2,1-3H3;/p-1. The fraction of sp³-hybridized carbons (Fsp3) is 0.391. The Morgan fingerprint density at radius 1 is 0.766 bits per heavy atom. The summed E-state index contributed by atoms with van der Waals surface area (Å²) in [6.07, 6.45) is 5.63. The number of hydrogen-bond donors (Lipinski definition) is 1. The van der Waals surface area contributed by atoms with Crippen LogP contribution in [0.3, 0.4) is 0 Å². The number of aliphatic imine (C=N–C) groups is 4. The maximum Gasteiger partial charge on any atom is 0.220 e. The number of rotatable bonds is 6. The Hall–Kier alpha value is -4.20. The summed E-state index contributed by atoms with van der Waals surface area (Å²) in [4.78, 5) is 31.0. The van der Waals surface area contributed by atoms with Crippen LogP contribution in [0.1, 0.15) is 101 Å². The van der Waals surface area contributed by atoms with Crippen LogP contribution in [0.25, 0.3) is 20.4 Å². The zero-order valence-corrected chi connectivity index (χ0v) is 40.9.